The van der Waals surface area contributed by atoms with Gasteiger partial charge in [0, 0.05) is 38.1 Å². The molecular formula is C21H23BrN2O2. The maximum absolute atomic E-state index is 13.3. The van der Waals surface area contributed by atoms with E-state index in [0.717, 1.165) is 28.1 Å². The van der Waals surface area contributed by atoms with Gasteiger partial charge in [-0.25, -0.2) is 0 Å². The Balaban J connectivity index is 1.85. The lowest BCUT2D eigenvalue weighted by Gasteiger charge is -2.49. The molecule has 0 radical (unpaired) electrons. The van der Waals surface area contributed by atoms with Crippen LogP contribution in [-0.2, 0) is 0 Å². The van der Waals surface area contributed by atoms with Crippen LogP contribution < -0.4 is 5.32 Å². The Bertz CT molecular complexity index is 910. The molecule has 2 aromatic carbocycles. The number of carbonyl (C=O) groups is 2. The Morgan fingerprint density at radius 3 is 2.15 bits per heavy atom. The molecule has 2 aliphatic rings. The molecule has 4 rings (SSSR count). The minimum absolute atomic E-state index is 0.117. The number of imide groups is 1. The zero-order chi connectivity index (χ0) is 18.9. The standard InChI is InChI=1S/C21H23BrN2O2/c1-20(2)10-12(11-21(3,4)23-20)24-18(25)14-7-5-6-13-16(22)9-8-15(17(13)14)19(24)26/h5-9,12,23H,10-11H2,1-4H3. The lowest BCUT2D eigenvalue weighted by molar-refractivity contribution is 0.0370. The van der Waals surface area contributed by atoms with Crippen LogP contribution >= 0.6 is 15.9 Å². The molecule has 4 nitrogen and oxygen atoms in total. The number of nitrogens with zero attached hydrogens (tertiary/aromatic N) is 1. The van der Waals surface area contributed by atoms with Crippen LogP contribution in [0.25, 0.3) is 10.8 Å². The van der Waals surface area contributed by atoms with Crippen LogP contribution in [0.5, 0.6) is 0 Å². The van der Waals surface area contributed by atoms with E-state index in [1.54, 1.807) is 0 Å². The van der Waals surface area contributed by atoms with Crippen molar-refractivity contribution in [3.8, 4) is 0 Å². The predicted octanol–water partition coefficient (Wildman–Crippen LogP) is 4.51. The van der Waals surface area contributed by atoms with Gasteiger partial charge in [-0.15, -0.1) is 0 Å². The number of rotatable bonds is 1. The average Bonchev–Trinajstić information content (AvgIpc) is 2.51. The smallest absolute Gasteiger partial charge is 0.261 e. The Morgan fingerprint density at radius 2 is 1.54 bits per heavy atom. The zero-order valence-electron chi connectivity index (χ0n) is 15.5. The third-order valence-corrected chi connectivity index (χ3v) is 6.11. The molecule has 0 aliphatic carbocycles. The van der Waals surface area contributed by atoms with Gasteiger partial charge in [0.15, 0.2) is 0 Å². The molecular weight excluding hydrogens is 392 g/mol. The van der Waals surface area contributed by atoms with E-state index >= 15 is 0 Å². The van der Waals surface area contributed by atoms with Crippen molar-refractivity contribution in [2.24, 2.45) is 0 Å². The second-order valence-electron chi connectivity index (χ2n) is 8.76. The SMILES string of the molecule is CC1(C)CC(N2C(=O)c3cccc4c(Br)ccc(c34)C2=O)CC(C)(C)N1. The molecule has 2 aromatic rings. The van der Waals surface area contributed by atoms with Crippen LogP contribution in [0.15, 0.2) is 34.8 Å². The third kappa shape index (κ3) is 2.69. The number of halogens is 1. The summed E-state index contributed by atoms with van der Waals surface area (Å²) < 4.78 is 0.899. The summed E-state index contributed by atoms with van der Waals surface area (Å²) in [6.45, 7) is 8.52. The van der Waals surface area contributed by atoms with Crippen LogP contribution in [0.4, 0.5) is 0 Å². The fourth-order valence-electron chi connectivity index (χ4n) is 4.86. The molecule has 0 spiro atoms. The van der Waals surface area contributed by atoms with Crippen molar-refractivity contribution in [3.05, 3.63) is 45.9 Å². The van der Waals surface area contributed by atoms with Gasteiger partial charge in [0.05, 0.1) is 0 Å². The summed E-state index contributed by atoms with van der Waals surface area (Å²) in [6, 6.07) is 9.26. The normalized spacial score (nSPS) is 22.1. The average molecular weight is 415 g/mol. The number of benzene rings is 2. The van der Waals surface area contributed by atoms with Gasteiger partial charge in [0.1, 0.15) is 0 Å². The van der Waals surface area contributed by atoms with Crippen molar-refractivity contribution in [2.75, 3.05) is 0 Å². The van der Waals surface area contributed by atoms with Gasteiger partial charge in [-0.1, -0.05) is 28.1 Å². The number of hydrogen-bond donors (Lipinski definition) is 1. The Labute approximate surface area is 162 Å². The van der Waals surface area contributed by atoms with Crippen molar-refractivity contribution in [3.63, 3.8) is 0 Å². The van der Waals surface area contributed by atoms with Crippen LogP contribution in [0.3, 0.4) is 0 Å². The molecule has 1 saturated heterocycles. The highest BCUT2D eigenvalue weighted by molar-refractivity contribution is 9.10. The summed E-state index contributed by atoms with van der Waals surface area (Å²) in [5.41, 5.74) is 0.956. The molecule has 0 saturated carbocycles. The number of hydrogen-bond acceptors (Lipinski definition) is 3. The maximum Gasteiger partial charge on any atom is 0.261 e. The molecule has 0 unspecified atom stereocenters. The van der Waals surface area contributed by atoms with Crippen molar-refractivity contribution in [1.82, 2.24) is 10.2 Å². The lowest BCUT2D eigenvalue weighted by atomic mass is 9.78. The van der Waals surface area contributed by atoms with Gasteiger partial charge in [-0.3, -0.25) is 14.5 Å². The molecule has 5 heteroatoms. The van der Waals surface area contributed by atoms with Crippen molar-refractivity contribution in [1.29, 1.82) is 0 Å². The van der Waals surface area contributed by atoms with E-state index < -0.39 is 0 Å². The van der Waals surface area contributed by atoms with Crippen LogP contribution in [0, 0.1) is 0 Å². The first kappa shape index (κ1) is 17.7. The lowest BCUT2D eigenvalue weighted by Crippen LogP contribution is -2.63. The van der Waals surface area contributed by atoms with Gasteiger partial charge >= 0.3 is 0 Å². The minimum Gasteiger partial charge on any atom is -0.307 e. The number of nitrogens with one attached hydrogen (secondary N) is 1. The molecule has 0 aromatic heterocycles. The van der Waals surface area contributed by atoms with E-state index in [1.807, 2.05) is 30.3 Å². The van der Waals surface area contributed by atoms with Crippen molar-refractivity contribution < 1.29 is 9.59 Å². The summed E-state index contributed by atoms with van der Waals surface area (Å²) in [5.74, 6) is -0.352. The summed E-state index contributed by atoms with van der Waals surface area (Å²) in [5, 5.41) is 5.30. The highest BCUT2D eigenvalue weighted by Crippen LogP contribution is 2.38. The molecule has 26 heavy (non-hydrogen) atoms. The minimum atomic E-state index is -0.176. The van der Waals surface area contributed by atoms with Gasteiger partial charge in [-0.2, -0.15) is 0 Å². The first-order valence-electron chi connectivity index (χ1n) is 8.98. The highest BCUT2D eigenvalue weighted by atomic mass is 79.9. The van der Waals surface area contributed by atoms with E-state index in [0.29, 0.717) is 11.1 Å². The Hall–Kier alpha value is -1.72. The predicted molar refractivity (Wildman–Crippen MR) is 106 cm³/mol. The summed E-state index contributed by atoms with van der Waals surface area (Å²) in [7, 11) is 0. The van der Waals surface area contributed by atoms with E-state index in [1.165, 1.54) is 4.90 Å². The quantitative estimate of drug-likeness (QED) is 0.698. The van der Waals surface area contributed by atoms with Crippen molar-refractivity contribution in [2.45, 2.75) is 57.7 Å². The topological polar surface area (TPSA) is 49.4 Å². The molecule has 2 aliphatic heterocycles. The van der Waals surface area contributed by atoms with E-state index in [4.69, 9.17) is 0 Å². The number of piperidine rings is 1. The first-order valence-corrected chi connectivity index (χ1v) is 9.77. The second kappa shape index (κ2) is 5.64. The van der Waals surface area contributed by atoms with Crippen LogP contribution in [0.1, 0.15) is 61.3 Å². The highest BCUT2D eigenvalue weighted by Gasteiger charge is 2.45. The Kier molecular flexibility index (Phi) is 3.83. The van der Waals surface area contributed by atoms with Gasteiger partial charge in [0.2, 0.25) is 0 Å². The Morgan fingerprint density at radius 1 is 0.962 bits per heavy atom. The molecule has 136 valence electrons. The largest absolute Gasteiger partial charge is 0.307 e. The number of amides is 2. The molecule has 2 amide bonds. The fourth-order valence-corrected chi connectivity index (χ4v) is 5.32. The van der Waals surface area contributed by atoms with Crippen LogP contribution in [-0.4, -0.2) is 33.8 Å². The van der Waals surface area contributed by atoms with E-state index in [9.17, 15) is 9.59 Å². The first-order chi connectivity index (χ1) is 12.1. The summed E-state index contributed by atoms with van der Waals surface area (Å²) >= 11 is 3.54. The van der Waals surface area contributed by atoms with E-state index in [2.05, 4.69) is 48.9 Å². The third-order valence-electron chi connectivity index (χ3n) is 5.42. The van der Waals surface area contributed by atoms with Gasteiger partial charge < -0.3 is 5.32 Å². The molecule has 2 heterocycles. The summed E-state index contributed by atoms with van der Waals surface area (Å²) in [6.07, 6.45) is 1.49. The summed E-state index contributed by atoms with van der Waals surface area (Å²) in [4.78, 5) is 28.1. The van der Waals surface area contributed by atoms with Crippen LogP contribution in [0.2, 0.25) is 0 Å². The zero-order valence-corrected chi connectivity index (χ0v) is 17.1. The van der Waals surface area contributed by atoms with E-state index in [-0.39, 0.29) is 28.9 Å². The fraction of sp³-hybridized carbons (Fsp3) is 0.429. The molecule has 0 atom stereocenters. The monoisotopic (exact) mass is 414 g/mol. The maximum atomic E-state index is 13.3. The molecule has 1 fully saturated rings. The molecule has 1 N–H and O–H groups in total. The number of carbonyl (C=O) groups excluding carboxylic acids is 2. The van der Waals surface area contributed by atoms with Crippen molar-refractivity contribution >= 4 is 38.5 Å². The van der Waals surface area contributed by atoms with Gasteiger partial charge in [-0.05, 0) is 64.1 Å². The second-order valence-corrected chi connectivity index (χ2v) is 9.61. The van der Waals surface area contributed by atoms with Gasteiger partial charge in [0.25, 0.3) is 11.8 Å². The molecule has 0 bridgehead atoms.